The van der Waals surface area contributed by atoms with Gasteiger partial charge in [0.1, 0.15) is 0 Å². The van der Waals surface area contributed by atoms with Crippen LogP contribution in [0, 0.1) is 11.8 Å². The summed E-state index contributed by atoms with van der Waals surface area (Å²) in [5, 5.41) is 4.36. The van der Waals surface area contributed by atoms with E-state index in [1.54, 1.807) is 0 Å². The second-order valence-electron chi connectivity index (χ2n) is 5.92. The minimum Gasteiger partial charge on any atom is -0.317 e. The van der Waals surface area contributed by atoms with Crippen molar-refractivity contribution in [3.05, 3.63) is 34.9 Å². The molecule has 1 fully saturated rings. The van der Waals surface area contributed by atoms with Crippen molar-refractivity contribution in [3.63, 3.8) is 0 Å². The molecule has 3 atom stereocenters. The van der Waals surface area contributed by atoms with Gasteiger partial charge in [0.25, 0.3) is 0 Å². The van der Waals surface area contributed by atoms with E-state index in [9.17, 15) is 0 Å². The average molecular weight is 266 g/mol. The SMILES string of the molecule is CNC(CC(C)C)C1CCC1c1ccc(Cl)cc1. The van der Waals surface area contributed by atoms with Crippen LogP contribution in [0.25, 0.3) is 0 Å². The molecule has 18 heavy (non-hydrogen) atoms. The summed E-state index contributed by atoms with van der Waals surface area (Å²) in [6.45, 7) is 4.61. The third-order valence-electron chi connectivity index (χ3n) is 4.24. The Morgan fingerprint density at radius 2 is 1.89 bits per heavy atom. The summed E-state index contributed by atoms with van der Waals surface area (Å²) >= 11 is 5.96. The lowest BCUT2D eigenvalue weighted by atomic mass is 9.65. The quantitative estimate of drug-likeness (QED) is 0.828. The van der Waals surface area contributed by atoms with Gasteiger partial charge >= 0.3 is 0 Å². The van der Waals surface area contributed by atoms with Crippen molar-refractivity contribution < 1.29 is 0 Å². The van der Waals surface area contributed by atoms with E-state index >= 15 is 0 Å². The van der Waals surface area contributed by atoms with Crippen molar-refractivity contribution in [2.24, 2.45) is 11.8 Å². The fraction of sp³-hybridized carbons (Fsp3) is 0.625. The molecule has 2 heteroatoms. The Morgan fingerprint density at radius 1 is 1.22 bits per heavy atom. The minimum atomic E-state index is 0.652. The van der Waals surface area contributed by atoms with E-state index in [2.05, 4.69) is 38.3 Å². The largest absolute Gasteiger partial charge is 0.317 e. The van der Waals surface area contributed by atoms with E-state index in [0.29, 0.717) is 6.04 Å². The van der Waals surface area contributed by atoms with Crippen molar-refractivity contribution in [3.8, 4) is 0 Å². The van der Waals surface area contributed by atoms with Crippen molar-refractivity contribution in [2.75, 3.05) is 7.05 Å². The zero-order valence-electron chi connectivity index (χ0n) is 11.6. The maximum absolute atomic E-state index is 5.96. The molecule has 1 aromatic rings. The summed E-state index contributed by atoms with van der Waals surface area (Å²) in [6.07, 6.45) is 3.94. The topological polar surface area (TPSA) is 12.0 Å². The van der Waals surface area contributed by atoms with Gasteiger partial charge in [-0.15, -0.1) is 0 Å². The maximum atomic E-state index is 5.96. The Kier molecular flexibility index (Phi) is 4.69. The standard InChI is InChI=1S/C16H24ClN/c1-11(2)10-16(18-3)15-9-8-14(15)12-4-6-13(17)7-5-12/h4-7,11,14-16,18H,8-10H2,1-3H3. The molecule has 1 saturated carbocycles. The van der Waals surface area contributed by atoms with Crippen molar-refractivity contribution in [2.45, 2.75) is 45.1 Å². The van der Waals surface area contributed by atoms with Gasteiger partial charge in [-0.05, 0) is 61.8 Å². The van der Waals surface area contributed by atoms with Gasteiger partial charge in [-0.3, -0.25) is 0 Å². The zero-order chi connectivity index (χ0) is 13.1. The zero-order valence-corrected chi connectivity index (χ0v) is 12.4. The molecule has 3 unspecified atom stereocenters. The molecule has 1 aliphatic carbocycles. The van der Waals surface area contributed by atoms with Gasteiger partial charge in [-0.25, -0.2) is 0 Å². The molecule has 1 aromatic carbocycles. The van der Waals surface area contributed by atoms with Crippen LogP contribution in [0.2, 0.25) is 5.02 Å². The molecular weight excluding hydrogens is 242 g/mol. The summed E-state index contributed by atoms with van der Waals surface area (Å²) in [6, 6.07) is 9.08. The highest BCUT2D eigenvalue weighted by atomic mass is 35.5. The lowest BCUT2D eigenvalue weighted by Crippen LogP contribution is -2.42. The van der Waals surface area contributed by atoms with E-state index in [4.69, 9.17) is 11.6 Å². The Balaban J connectivity index is 2.04. The van der Waals surface area contributed by atoms with Crippen LogP contribution in [0.3, 0.4) is 0 Å². The summed E-state index contributed by atoms with van der Waals surface area (Å²) in [5.74, 6) is 2.27. The van der Waals surface area contributed by atoms with Gasteiger partial charge < -0.3 is 5.32 Å². The third-order valence-corrected chi connectivity index (χ3v) is 4.49. The van der Waals surface area contributed by atoms with E-state index < -0.39 is 0 Å². The molecule has 0 bridgehead atoms. The first-order chi connectivity index (χ1) is 8.61. The highest BCUT2D eigenvalue weighted by molar-refractivity contribution is 6.30. The lowest BCUT2D eigenvalue weighted by molar-refractivity contribution is 0.174. The number of nitrogens with one attached hydrogen (secondary N) is 1. The highest BCUT2D eigenvalue weighted by Gasteiger charge is 2.37. The summed E-state index contributed by atoms with van der Waals surface area (Å²) < 4.78 is 0. The third kappa shape index (κ3) is 3.07. The first-order valence-corrected chi connectivity index (χ1v) is 7.42. The van der Waals surface area contributed by atoms with E-state index in [1.807, 2.05) is 12.1 Å². The highest BCUT2D eigenvalue weighted by Crippen LogP contribution is 2.45. The summed E-state index contributed by atoms with van der Waals surface area (Å²) in [4.78, 5) is 0. The fourth-order valence-electron chi connectivity index (χ4n) is 3.15. The molecule has 0 spiro atoms. The van der Waals surface area contributed by atoms with Gasteiger partial charge in [0.05, 0.1) is 0 Å². The van der Waals surface area contributed by atoms with Gasteiger partial charge in [0.15, 0.2) is 0 Å². The van der Waals surface area contributed by atoms with Crippen molar-refractivity contribution in [1.29, 1.82) is 0 Å². The van der Waals surface area contributed by atoms with E-state index in [-0.39, 0.29) is 0 Å². The second kappa shape index (κ2) is 6.08. The van der Waals surface area contributed by atoms with Crippen LogP contribution < -0.4 is 5.32 Å². The van der Waals surface area contributed by atoms with E-state index in [1.165, 1.54) is 24.8 Å². The summed E-state index contributed by atoms with van der Waals surface area (Å²) in [7, 11) is 2.10. The van der Waals surface area contributed by atoms with Crippen LogP contribution in [-0.2, 0) is 0 Å². The fourth-order valence-corrected chi connectivity index (χ4v) is 3.27. The number of halogens is 1. The van der Waals surface area contributed by atoms with Crippen LogP contribution in [0.15, 0.2) is 24.3 Å². The Labute approximate surface area is 116 Å². The molecule has 1 N–H and O–H groups in total. The average Bonchev–Trinajstić information content (AvgIpc) is 2.29. The van der Waals surface area contributed by atoms with Crippen LogP contribution in [0.4, 0.5) is 0 Å². The molecule has 0 radical (unpaired) electrons. The number of benzene rings is 1. The Hall–Kier alpha value is -0.530. The minimum absolute atomic E-state index is 0.652. The first-order valence-electron chi connectivity index (χ1n) is 7.04. The number of hydrogen-bond acceptors (Lipinski definition) is 1. The molecule has 1 nitrogen and oxygen atoms in total. The van der Waals surface area contributed by atoms with E-state index in [0.717, 1.165) is 22.8 Å². The smallest absolute Gasteiger partial charge is 0.0406 e. The normalized spacial score (nSPS) is 24.9. The van der Waals surface area contributed by atoms with Crippen LogP contribution in [0.5, 0.6) is 0 Å². The number of rotatable bonds is 5. The molecule has 0 amide bonds. The predicted octanol–water partition coefficient (Wildman–Crippen LogP) is 4.47. The van der Waals surface area contributed by atoms with Gasteiger partial charge in [0, 0.05) is 11.1 Å². The first kappa shape index (κ1) is 13.9. The maximum Gasteiger partial charge on any atom is 0.0406 e. The second-order valence-corrected chi connectivity index (χ2v) is 6.36. The monoisotopic (exact) mass is 265 g/mol. The van der Waals surface area contributed by atoms with Gasteiger partial charge in [-0.1, -0.05) is 37.6 Å². The molecule has 2 rings (SSSR count). The molecule has 1 aliphatic rings. The Morgan fingerprint density at radius 3 is 2.33 bits per heavy atom. The van der Waals surface area contributed by atoms with Crippen LogP contribution in [-0.4, -0.2) is 13.1 Å². The molecular formula is C16H24ClN. The van der Waals surface area contributed by atoms with Crippen LogP contribution >= 0.6 is 11.6 Å². The number of hydrogen-bond donors (Lipinski definition) is 1. The molecule has 0 aliphatic heterocycles. The summed E-state index contributed by atoms with van der Waals surface area (Å²) in [5.41, 5.74) is 1.46. The predicted molar refractivity (Wildman–Crippen MR) is 79.2 cm³/mol. The van der Waals surface area contributed by atoms with Gasteiger partial charge in [0.2, 0.25) is 0 Å². The van der Waals surface area contributed by atoms with Crippen LogP contribution in [0.1, 0.15) is 44.6 Å². The molecule has 0 aromatic heterocycles. The lowest BCUT2D eigenvalue weighted by Gasteiger charge is -2.43. The van der Waals surface area contributed by atoms with Crippen molar-refractivity contribution >= 4 is 11.6 Å². The van der Waals surface area contributed by atoms with Gasteiger partial charge in [-0.2, -0.15) is 0 Å². The molecule has 0 heterocycles. The molecule has 0 saturated heterocycles. The van der Waals surface area contributed by atoms with Crippen molar-refractivity contribution in [1.82, 2.24) is 5.32 Å². The molecule has 100 valence electrons. The Bertz CT molecular complexity index is 371.